The maximum Gasteiger partial charge on any atom is 0.123 e. The van der Waals surface area contributed by atoms with Gasteiger partial charge >= 0.3 is 0 Å². The lowest BCUT2D eigenvalue weighted by atomic mass is 10.0. The molecule has 108 valence electrons. The van der Waals surface area contributed by atoms with Crippen LogP contribution in [0.25, 0.3) is 0 Å². The zero-order valence-electron chi connectivity index (χ0n) is 11.9. The molecule has 3 heteroatoms. The first kappa shape index (κ1) is 12.8. The topological polar surface area (TPSA) is 15.3 Å². The average Bonchev–Trinajstić information content (AvgIpc) is 3.17. The van der Waals surface area contributed by atoms with Crippen molar-refractivity contribution in [1.29, 1.82) is 0 Å². The fraction of sp³-hybridized carbons (Fsp3) is 0.647. The average molecular weight is 274 g/mol. The van der Waals surface area contributed by atoms with Gasteiger partial charge in [-0.2, -0.15) is 0 Å². The number of aryl methyl sites for hydroxylation is 1. The zero-order chi connectivity index (χ0) is 13.5. The van der Waals surface area contributed by atoms with Crippen molar-refractivity contribution in [2.24, 2.45) is 0 Å². The summed E-state index contributed by atoms with van der Waals surface area (Å²) in [6.45, 7) is 2.39. The Morgan fingerprint density at radius 3 is 2.95 bits per heavy atom. The number of hydrogen-bond acceptors (Lipinski definition) is 2. The Morgan fingerprint density at radius 1 is 1.15 bits per heavy atom. The van der Waals surface area contributed by atoms with Crippen molar-refractivity contribution in [3.05, 3.63) is 35.1 Å². The Hall–Kier alpha value is -0.930. The lowest BCUT2D eigenvalue weighted by Gasteiger charge is -2.34. The predicted molar refractivity (Wildman–Crippen MR) is 78.2 cm³/mol. The Kier molecular flexibility index (Phi) is 3.27. The first-order chi connectivity index (χ1) is 9.83. The quantitative estimate of drug-likeness (QED) is 0.892. The number of nitrogens with zero attached hydrogens (tertiary/aromatic N) is 1. The summed E-state index contributed by atoms with van der Waals surface area (Å²) in [5.74, 6) is -0.0835. The Balaban J connectivity index is 1.59. The molecular weight excluding hydrogens is 251 g/mol. The van der Waals surface area contributed by atoms with Crippen molar-refractivity contribution < 1.29 is 4.39 Å². The van der Waals surface area contributed by atoms with E-state index in [-0.39, 0.29) is 5.82 Å². The SMILES string of the molecule is Fc1ccc2c(c1)CCC2N1CCCC1C1CCCN1. The molecule has 0 saturated carbocycles. The van der Waals surface area contributed by atoms with Crippen LogP contribution in [0.5, 0.6) is 0 Å². The summed E-state index contributed by atoms with van der Waals surface area (Å²) in [5.41, 5.74) is 2.62. The van der Waals surface area contributed by atoms with Crippen LogP contribution in [0.15, 0.2) is 18.2 Å². The summed E-state index contributed by atoms with van der Waals surface area (Å²) in [6.07, 6.45) is 7.49. The van der Waals surface area contributed by atoms with Crippen molar-refractivity contribution in [1.82, 2.24) is 10.2 Å². The first-order valence-corrected chi connectivity index (χ1v) is 8.10. The van der Waals surface area contributed by atoms with Crippen molar-refractivity contribution in [3.63, 3.8) is 0 Å². The molecule has 2 saturated heterocycles. The molecule has 2 heterocycles. The fourth-order valence-electron chi connectivity index (χ4n) is 4.58. The third-order valence-electron chi connectivity index (χ3n) is 5.46. The molecule has 20 heavy (non-hydrogen) atoms. The highest BCUT2D eigenvalue weighted by molar-refractivity contribution is 5.35. The Bertz CT molecular complexity index is 496. The van der Waals surface area contributed by atoms with Gasteiger partial charge in [0, 0.05) is 18.1 Å². The molecule has 3 atom stereocenters. The van der Waals surface area contributed by atoms with Crippen molar-refractivity contribution in [2.45, 2.75) is 56.7 Å². The molecule has 4 rings (SSSR count). The molecule has 1 aliphatic carbocycles. The van der Waals surface area contributed by atoms with Gasteiger partial charge in [0.25, 0.3) is 0 Å². The van der Waals surface area contributed by atoms with Gasteiger partial charge in [0.1, 0.15) is 5.82 Å². The second-order valence-electron chi connectivity index (χ2n) is 6.55. The standard InChI is InChI=1S/C17H23FN2/c18-13-6-7-14-12(11-13)5-8-16(14)20-10-2-4-17(20)15-3-1-9-19-15/h6-7,11,15-17,19H,1-5,8-10H2. The molecule has 3 unspecified atom stereocenters. The number of likely N-dealkylation sites (tertiary alicyclic amines) is 1. The summed E-state index contributed by atoms with van der Waals surface area (Å²) in [4.78, 5) is 2.72. The van der Waals surface area contributed by atoms with Crippen molar-refractivity contribution in [2.75, 3.05) is 13.1 Å². The third-order valence-corrected chi connectivity index (χ3v) is 5.46. The highest BCUT2D eigenvalue weighted by Gasteiger charge is 2.39. The summed E-state index contributed by atoms with van der Waals surface area (Å²) in [6, 6.07) is 7.31. The molecule has 2 fully saturated rings. The summed E-state index contributed by atoms with van der Waals surface area (Å²) in [5, 5.41) is 3.68. The van der Waals surface area contributed by atoms with Crippen LogP contribution in [-0.2, 0) is 6.42 Å². The van der Waals surface area contributed by atoms with Crippen molar-refractivity contribution >= 4 is 0 Å². The van der Waals surface area contributed by atoms with E-state index in [1.165, 1.54) is 56.3 Å². The highest BCUT2D eigenvalue weighted by atomic mass is 19.1. The van der Waals surface area contributed by atoms with Crippen LogP contribution in [0.4, 0.5) is 4.39 Å². The maximum atomic E-state index is 13.4. The lowest BCUT2D eigenvalue weighted by Crippen LogP contribution is -2.45. The van der Waals surface area contributed by atoms with Gasteiger partial charge in [-0.25, -0.2) is 4.39 Å². The Labute approximate surface area is 120 Å². The fourth-order valence-corrected chi connectivity index (χ4v) is 4.58. The number of rotatable bonds is 2. The molecule has 0 aromatic heterocycles. The normalized spacial score (nSPS) is 33.8. The van der Waals surface area contributed by atoms with Gasteiger partial charge in [-0.1, -0.05) is 6.07 Å². The molecule has 2 aliphatic heterocycles. The minimum Gasteiger partial charge on any atom is -0.312 e. The highest BCUT2D eigenvalue weighted by Crippen LogP contribution is 2.41. The zero-order valence-corrected chi connectivity index (χ0v) is 11.9. The largest absolute Gasteiger partial charge is 0.312 e. The van der Waals surface area contributed by atoms with E-state index in [1.807, 2.05) is 6.07 Å². The van der Waals surface area contributed by atoms with Crippen LogP contribution in [0.1, 0.15) is 49.3 Å². The molecule has 1 N–H and O–H groups in total. The van der Waals surface area contributed by atoms with E-state index in [2.05, 4.69) is 10.2 Å². The molecule has 3 aliphatic rings. The molecule has 1 aromatic carbocycles. The van der Waals surface area contributed by atoms with E-state index in [1.54, 1.807) is 12.1 Å². The maximum absolute atomic E-state index is 13.4. The molecule has 0 spiro atoms. The molecule has 2 nitrogen and oxygen atoms in total. The van der Waals surface area contributed by atoms with Crippen LogP contribution in [0.3, 0.4) is 0 Å². The van der Waals surface area contributed by atoms with Crippen LogP contribution >= 0.6 is 0 Å². The van der Waals surface area contributed by atoms with E-state index in [4.69, 9.17) is 0 Å². The lowest BCUT2D eigenvalue weighted by molar-refractivity contribution is 0.152. The molecular formula is C17H23FN2. The summed E-state index contributed by atoms with van der Waals surface area (Å²) >= 11 is 0. The first-order valence-electron chi connectivity index (χ1n) is 8.10. The van der Waals surface area contributed by atoms with Gasteiger partial charge in [0.15, 0.2) is 0 Å². The number of benzene rings is 1. The summed E-state index contributed by atoms with van der Waals surface area (Å²) < 4.78 is 13.4. The van der Waals surface area contributed by atoms with E-state index < -0.39 is 0 Å². The van der Waals surface area contributed by atoms with Gasteiger partial charge < -0.3 is 5.32 Å². The molecule has 0 bridgehead atoms. The van der Waals surface area contributed by atoms with Gasteiger partial charge in [-0.15, -0.1) is 0 Å². The third kappa shape index (κ3) is 2.08. The van der Waals surface area contributed by atoms with E-state index in [9.17, 15) is 4.39 Å². The minimum atomic E-state index is -0.0835. The molecule has 0 amide bonds. The van der Waals surface area contributed by atoms with Crippen LogP contribution in [-0.4, -0.2) is 30.1 Å². The number of nitrogens with one attached hydrogen (secondary N) is 1. The van der Waals surface area contributed by atoms with Crippen LogP contribution in [0.2, 0.25) is 0 Å². The van der Waals surface area contributed by atoms with E-state index >= 15 is 0 Å². The predicted octanol–water partition coefficient (Wildman–Crippen LogP) is 3.03. The van der Waals surface area contributed by atoms with Gasteiger partial charge in [-0.3, -0.25) is 4.90 Å². The van der Waals surface area contributed by atoms with Crippen molar-refractivity contribution in [3.8, 4) is 0 Å². The van der Waals surface area contributed by atoms with Gasteiger partial charge in [0.2, 0.25) is 0 Å². The Morgan fingerprint density at radius 2 is 2.10 bits per heavy atom. The monoisotopic (exact) mass is 274 g/mol. The number of fused-ring (bicyclic) bond motifs is 1. The van der Waals surface area contributed by atoms with Crippen LogP contribution in [0, 0.1) is 5.82 Å². The van der Waals surface area contributed by atoms with Gasteiger partial charge in [0.05, 0.1) is 0 Å². The van der Waals surface area contributed by atoms with Gasteiger partial charge in [-0.05, 0) is 74.9 Å². The molecule has 0 radical (unpaired) electrons. The second-order valence-corrected chi connectivity index (χ2v) is 6.55. The smallest absolute Gasteiger partial charge is 0.123 e. The van der Waals surface area contributed by atoms with E-state index in [0.717, 1.165) is 6.42 Å². The second kappa shape index (κ2) is 5.12. The number of hydrogen-bond donors (Lipinski definition) is 1. The number of halogens is 1. The van der Waals surface area contributed by atoms with E-state index in [0.29, 0.717) is 18.1 Å². The minimum absolute atomic E-state index is 0.0835. The molecule has 1 aromatic rings. The summed E-state index contributed by atoms with van der Waals surface area (Å²) in [7, 11) is 0. The van der Waals surface area contributed by atoms with Crippen LogP contribution < -0.4 is 5.32 Å².